The molecule has 1 aliphatic rings. The Morgan fingerprint density at radius 3 is 2.56 bits per heavy atom. The number of nitrogens with zero attached hydrogens (tertiary/aromatic N) is 2. The summed E-state index contributed by atoms with van der Waals surface area (Å²) < 4.78 is 1.94. The highest BCUT2D eigenvalue weighted by Gasteiger charge is 2.23. The number of anilines is 1. The first-order valence-electron chi connectivity index (χ1n) is 7.94. The van der Waals surface area contributed by atoms with Crippen molar-refractivity contribution < 1.29 is 4.79 Å². The Bertz CT molecular complexity index is 959. The maximum atomic E-state index is 12.5. The molecule has 1 fully saturated rings. The molecule has 7 heteroatoms. The number of benzene rings is 2. The molecule has 0 atom stereocenters. The fourth-order valence-corrected chi connectivity index (χ4v) is 3.62. The maximum absolute atomic E-state index is 12.5. The molecule has 1 aromatic heterocycles. The van der Waals surface area contributed by atoms with Gasteiger partial charge in [-0.3, -0.25) is 9.48 Å². The summed E-state index contributed by atoms with van der Waals surface area (Å²) >= 11 is 18.4. The van der Waals surface area contributed by atoms with E-state index in [9.17, 15) is 4.79 Å². The average molecular weight is 395 g/mol. The molecule has 4 rings (SSSR count). The standard InChI is InChI=1S/C18H14Cl3N3O/c19-13-2-1-3-14(20)16(13)18(25)22-11-6-7-15-12(8-11)17(21)23-24(15)9-10-4-5-10/h1-3,6-8,10H,4-5,9H2,(H,22,25). The first kappa shape index (κ1) is 16.7. The monoisotopic (exact) mass is 393 g/mol. The first-order chi connectivity index (χ1) is 12.0. The molecule has 1 saturated carbocycles. The van der Waals surface area contributed by atoms with E-state index in [0.717, 1.165) is 17.4 Å². The van der Waals surface area contributed by atoms with Crippen LogP contribution in [0.15, 0.2) is 36.4 Å². The van der Waals surface area contributed by atoms with E-state index >= 15 is 0 Å². The van der Waals surface area contributed by atoms with Crippen molar-refractivity contribution in [1.29, 1.82) is 0 Å². The van der Waals surface area contributed by atoms with E-state index in [1.165, 1.54) is 12.8 Å². The van der Waals surface area contributed by atoms with Crippen LogP contribution in [0, 0.1) is 5.92 Å². The van der Waals surface area contributed by atoms with Gasteiger partial charge in [0.2, 0.25) is 0 Å². The lowest BCUT2D eigenvalue weighted by atomic mass is 10.2. The smallest absolute Gasteiger partial charge is 0.258 e. The zero-order valence-corrected chi connectivity index (χ0v) is 15.4. The molecule has 1 amide bonds. The zero-order chi connectivity index (χ0) is 17.6. The molecular formula is C18H14Cl3N3O. The van der Waals surface area contributed by atoms with Gasteiger partial charge in [0.15, 0.2) is 5.15 Å². The van der Waals surface area contributed by atoms with Crippen LogP contribution in [0.5, 0.6) is 0 Å². The zero-order valence-electron chi connectivity index (χ0n) is 13.1. The summed E-state index contributed by atoms with van der Waals surface area (Å²) in [5.74, 6) is 0.331. The minimum absolute atomic E-state index is 0.251. The van der Waals surface area contributed by atoms with Crippen molar-refractivity contribution in [2.24, 2.45) is 5.92 Å². The van der Waals surface area contributed by atoms with Gasteiger partial charge in [-0.25, -0.2) is 0 Å². The molecule has 0 radical (unpaired) electrons. The molecule has 1 heterocycles. The number of fused-ring (bicyclic) bond motifs is 1. The molecule has 0 aliphatic heterocycles. The number of amides is 1. The summed E-state index contributed by atoms with van der Waals surface area (Å²) in [6.07, 6.45) is 2.48. The van der Waals surface area contributed by atoms with Crippen LogP contribution in [0.25, 0.3) is 10.9 Å². The highest BCUT2D eigenvalue weighted by molar-refractivity contribution is 6.40. The second-order valence-corrected chi connectivity index (χ2v) is 7.37. The third-order valence-corrected chi connectivity index (χ3v) is 5.19. The normalized spacial score (nSPS) is 14.0. The third kappa shape index (κ3) is 3.34. The molecule has 0 unspecified atom stereocenters. The van der Waals surface area contributed by atoms with E-state index in [-0.39, 0.29) is 11.5 Å². The molecule has 0 saturated heterocycles. The van der Waals surface area contributed by atoms with Crippen LogP contribution < -0.4 is 5.32 Å². The number of carbonyl (C=O) groups excluding carboxylic acids is 1. The SMILES string of the molecule is O=C(Nc1ccc2c(c1)c(Cl)nn2CC1CC1)c1c(Cl)cccc1Cl. The molecule has 128 valence electrons. The Morgan fingerprint density at radius 2 is 1.88 bits per heavy atom. The molecule has 0 spiro atoms. The molecule has 25 heavy (non-hydrogen) atoms. The summed E-state index contributed by atoms with van der Waals surface area (Å²) in [5, 5.41) is 9.08. The van der Waals surface area contributed by atoms with Crippen molar-refractivity contribution in [3.63, 3.8) is 0 Å². The summed E-state index contributed by atoms with van der Waals surface area (Å²) in [5.41, 5.74) is 1.83. The van der Waals surface area contributed by atoms with Crippen molar-refractivity contribution in [1.82, 2.24) is 9.78 Å². The van der Waals surface area contributed by atoms with Gasteiger partial charge in [-0.1, -0.05) is 40.9 Å². The van der Waals surface area contributed by atoms with Crippen LogP contribution >= 0.6 is 34.8 Å². The Balaban J connectivity index is 1.63. The molecule has 4 nitrogen and oxygen atoms in total. The first-order valence-corrected chi connectivity index (χ1v) is 9.08. The van der Waals surface area contributed by atoms with Gasteiger partial charge in [-0.05, 0) is 49.1 Å². The number of hydrogen-bond donors (Lipinski definition) is 1. The minimum Gasteiger partial charge on any atom is -0.322 e. The van der Waals surface area contributed by atoms with E-state index in [0.29, 0.717) is 26.8 Å². The van der Waals surface area contributed by atoms with Gasteiger partial charge < -0.3 is 5.32 Å². The Hall–Kier alpha value is -1.75. The number of hydrogen-bond acceptors (Lipinski definition) is 2. The summed E-state index contributed by atoms with van der Waals surface area (Å²) in [7, 11) is 0. The van der Waals surface area contributed by atoms with E-state index in [1.807, 2.05) is 22.9 Å². The van der Waals surface area contributed by atoms with Gasteiger partial charge in [0.1, 0.15) is 0 Å². The lowest BCUT2D eigenvalue weighted by Crippen LogP contribution is -2.13. The van der Waals surface area contributed by atoms with Crippen LogP contribution in [0.2, 0.25) is 15.2 Å². The number of halogens is 3. The number of carbonyl (C=O) groups is 1. The van der Waals surface area contributed by atoms with E-state index in [1.54, 1.807) is 18.2 Å². The molecule has 1 N–H and O–H groups in total. The highest BCUT2D eigenvalue weighted by atomic mass is 35.5. The number of aromatic nitrogens is 2. The topological polar surface area (TPSA) is 46.9 Å². The Morgan fingerprint density at radius 1 is 1.16 bits per heavy atom. The predicted molar refractivity (Wildman–Crippen MR) is 102 cm³/mol. The molecule has 0 bridgehead atoms. The van der Waals surface area contributed by atoms with E-state index in [2.05, 4.69) is 10.4 Å². The number of nitrogens with one attached hydrogen (secondary N) is 1. The summed E-state index contributed by atoms with van der Waals surface area (Å²) in [6.45, 7) is 0.879. The number of rotatable bonds is 4. The van der Waals surface area contributed by atoms with Crippen LogP contribution in [-0.4, -0.2) is 15.7 Å². The van der Waals surface area contributed by atoms with Gasteiger partial charge >= 0.3 is 0 Å². The molecule has 1 aliphatic carbocycles. The van der Waals surface area contributed by atoms with Crippen LogP contribution in [0.1, 0.15) is 23.2 Å². The van der Waals surface area contributed by atoms with Crippen molar-refractivity contribution >= 4 is 57.3 Å². The van der Waals surface area contributed by atoms with Gasteiger partial charge in [0.25, 0.3) is 5.91 Å². The van der Waals surface area contributed by atoms with Crippen molar-refractivity contribution in [2.45, 2.75) is 19.4 Å². The van der Waals surface area contributed by atoms with Crippen molar-refractivity contribution in [3.8, 4) is 0 Å². The highest BCUT2D eigenvalue weighted by Crippen LogP contribution is 2.34. The van der Waals surface area contributed by atoms with Crippen LogP contribution in [0.4, 0.5) is 5.69 Å². The Labute approximate surface area is 159 Å². The quantitative estimate of drug-likeness (QED) is 0.620. The second kappa shape index (κ2) is 6.52. The summed E-state index contributed by atoms with van der Waals surface area (Å²) in [6, 6.07) is 10.5. The lowest BCUT2D eigenvalue weighted by Gasteiger charge is -2.09. The maximum Gasteiger partial charge on any atom is 0.258 e. The van der Waals surface area contributed by atoms with Crippen molar-refractivity contribution in [2.75, 3.05) is 5.32 Å². The largest absolute Gasteiger partial charge is 0.322 e. The predicted octanol–water partition coefficient (Wildman–Crippen LogP) is 5.66. The van der Waals surface area contributed by atoms with E-state index in [4.69, 9.17) is 34.8 Å². The third-order valence-electron chi connectivity index (χ3n) is 4.28. The summed E-state index contributed by atoms with van der Waals surface area (Å²) in [4.78, 5) is 12.5. The lowest BCUT2D eigenvalue weighted by molar-refractivity contribution is 0.102. The Kier molecular flexibility index (Phi) is 4.36. The van der Waals surface area contributed by atoms with Gasteiger partial charge in [0, 0.05) is 17.6 Å². The molecule has 3 aromatic rings. The van der Waals surface area contributed by atoms with Gasteiger partial charge in [-0.2, -0.15) is 5.10 Å². The van der Waals surface area contributed by atoms with Gasteiger partial charge in [0.05, 0.1) is 21.1 Å². The fourth-order valence-electron chi connectivity index (χ4n) is 2.81. The van der Waals surface area contributed by atoms with Crippen LogP contribution in [0.3, 0.4) is 0 Å². The average Bonchev–Trinajstić information content (AvgIpc) is 3.32. The van der Waals surface area contributed by atoms with Crippen molar-refractivity contribution in [3.05, 3.63) is 57.2 Å². The minimum atomic E-state index is -0.364. The molecule has 2 aromatic carbocycles. The van der Waals surface area contributed by atoms with Crippen LogP contribution in [-0.2, 0) is 6.54 Å². The second-order valence-electron chi connectivity index (χ2n) is 6.20. The van der Waals surface area contributed by atoms with Gasteiger partial charge in [-0.15, -0.1) is 0 Å². The fraction of sp³-hybridized carbons (Fsp3) is 0.222. The molecular weight excluding hydrogens is 381 g/mol. The van der Waals surface area contributed by atoms with E-state index < -0.39 is 0 Å².